The van der Waals surface area contributed by atoms with Crippen molar-refractivity contribution in [1.29, 1.82) is 0 Å². The van der Waals surface area contributed by atoms with Crippen LogP contribution in [-0.2, 0) is 18.9 Å². The summed E-state index contributed by atoms with van der Waals surface area (Å²) in [6.07, 6.45) is -7.35. The van der Waals surface area contributed by atoms with Crippen molar-refractivity contribution in [2.24, 2.45) is 28.1 Å². The number of aliphatic hydroxyl groups excluding tert-OH is 9. The van der Waals surface area contributed by atoms with Crippen LogP contribution in [0.3, 0.4) is 0 Å². The second-order valence-corrected chi connectivity index (χ2v) is 14.3. The lowest BCUT2D eigenvalue weighted by Gasteiger charge is -2.61. The number of ether oxygens (including phenoxy) is 4. The highest BCUT2D eigenvalue weighted by Crippen LogP contribution is 2.62. The van der Waals surface area contributed by atoms with Crippen molar-refractivity contribution < 1.29 is 64.9 Å². The SMILES string of the molecule is C=C[C@]1(C)C=C2C=C[C@@H]3[C@](C)(C[C@@H](O)[C@H](O[C@@H]4O[C@H](CO[C@H]5O[C@H](CO)[C@@H](O)[C@H](O)[C@H]5O)[C@@H](O)[C@@H](O)[C@@H]4O)[C@]3(C)CO)[C@H]2CC1. The summed E-state index contributed by atoms with van der Waals surface area (Å²) in [7, 11) is 0. The smallest absolute Gasteiger partial charge is 0.187 e. The fraction of sp³-hybridized carbons (Fsp3) is 0.812. The zero-order chi connectivity index (χ0) is 33.1. The van der Waals surface area contributed by atoms with E-state index in [0.717, 1.165) is 12.8 Å². The first kappa shape index (κ1) is 35.0. The molecule has 0 aromatic heterocycles. The van der Waals surface area contributed by atoms with Crippen LogP contribution in [-0.4, -0.2) is 139 Å². The maximum atomic E-state index is 11.6. The predicted octanol–water partition coefficient (Wildman–Crippen LogP) is -1.52. The molecule has 2 saturated heterocycles. The molecule has 5 aliphatic rings. The molecule has 0 spiro atoms. The van der Waals surface area contributed by atoms with E-state index >= 15 is 0 Å². The Bertz CT molecular complexity index is 1130. The summed E-state index contributed by atoms with van der Waals surface area (Å²) in [5.74, 6) is -0.0837. The molecule has 1 saturated carbocycles. The molecule has 0 radical (unpaired) electrons. The lowest BCUT2D eigenvalue weighted by Crippen LogP contribution is -2.66. The normalized spacial score (nSPS) is 53.3. The second kappa shape index (κ2) is 13.0. The van der Waals surface area contributed by atoms with Crippen LogP contribution in [0.25, 0.3) is 0 Å². The summed E-state index contributed by atoms with van der Waals surface area (Å²) in [6.45, 7) is 8.56. The van der Waals surface area contributed by atoms with Gasteiger partial charge in [-0.1, -0.05) is 45.1 Å². The van der Waals surface area contributed by atoms with Gasteiger partial charge in [-0.3, -0.25) is 0 Å². The first-order chi connectivity index (χ1) is 21.1. The van der Waals surface area contributed by atoms with Crippen molar-refractivity contribution in [2.45, 2.75) is 114 Å². The molecule has 2 heterocycles. The Morgan fingerprint density at radius 2 is 1.51 bits per heavy atom. The van der Waals surface area contributed by atoms with Crippen molar-refractivity contribution in [3.05, 3.63) is 36.5 Å². The summed E-state index contributed by atoms with van der Waals surface area (Å²) in [5.41, 5.74) is -0.384. The van der Waals surface area contributed by atoms with Gasteiger partial charge in [-0.15, -0.1) is 6.58 Å². The zero-order valence-electron chi connectivity index (χ0n) is 26.0. The monoisotopic (exact) mass is 642 g/mol. The molecule has 3 fully saturated rings. The Morgan fingerprint density at radius 1 is 0.889 bits per heavy atom. The molecule has 5 rings (SSSR count). The molecule has 2 aliphatic heterocycles. The molecular weight excluding hydrogens is 592 g/mol. The zero-order valence-corrected chi connectivity index (χ0v) is 26.0. The van der Waals surface area contributed by atoms with Crippen LogP contribution in [0, 0.1) is 28.1 Å². The Hall–Kier alpha value is -1.30. The van der Waals surface area contributed by atoms with Crippen LogP contribution in [0.4, 0.5) is 0 Å². The largest absolute Gasteiger partial charge is 0.396 e. The summed E-state index contributed by atoms with van der Waals surface area (Å²) < 4.78 is 22.9. The Kier molecular flexibility index (Phi) is 10.1. The summed E-state index contributed by atoms with van der Waals surface area (Å²) in [5, 5.41) is 94.4. The number of hydrogen-bond acceptors (Lipinski definition) is 13. The molecule has 3 aliphatic carbocycles. The molecule has 0 aromatic rings. The lowest BCUT2D eigenvalue weighted by molar-refractivity contribution is -0.351. The van der Waals surface area contributed by atoms with Crippen LogP contribution < -0.4 is 0 Å². The van der Waals surface area contributed by atoms with E-state index in [2.05, 4.69) is 38.7 Å². The molecule has 9 N–H and O–H groups in total. The van der Waals surface area contributed by atoms with Gasteiger partial charge in [-0.05, 0) is 42.1 Å². The molecule has 256 valence electrons. The van der Waals surface area contributed by atoms with Gasteiger partial charge >= 0.3 is 0 Å². The third-order valence-corrected chi connectivity index (χ3v) is 11.2. The summed E-state index contributed by atoms with van der Waals surface area (Å²) in [4.78, 5) is 0. The highest BCUT2D eigenvalue weighted by molar-refractivity contribution is 5.37. The van der Waals surface area contributed by atoms with Crippen molar-refractivity contribution in [2.75, 3.05) is 19.8 Å². The molecule has 0 amide bonds. The van der Waals surface area contributed by atoms with Crippen molar-refractivity contribution in [3.63, 3.8) is 0 Å². The Balaban J connectivity index is 1.34. The van der Waals surface area contributed by atoms with Gasteiger partial charge < -0.3 is 64.9 Å². The molecule has 13 heteroatoms. The Morgan fingerprint density at radius 3 is 2.13 bits per heavy atom. The van der Waals surface area contributed by atoms with E-state index in [1.807, 2.05) is 13.0 Å². The molecular formula is C32H50O13. The minimum Gasteiger partial charge on any atom is -0.396 e. The molecule has 0 bridgehead atoms. The van der Waals surface area contributed by atoms with E-state index < -0.39 is 97.7 Å². The standard InChI is InChI=1S/C32H50O13/c1-5-30(2)9-8-16-15(10-30)6-7-20-31(16,3)11-17(35)27(32(20,4)14-34)45-29-26(41)24(39)22(37)19(44-29)13-42-28-25(40)23(38)21(36)18(12-33)43-28/h5-7,10,16-29,33-41H,1,8-9,11-14H2,2-4H3/t16-,17+,18+,19+,20+,21+,22+,23-,24+,25+,26-,27-,28-,29-,30-,31+,32+/m0/s1. The number of allylic oxidation sites excluding steroid dienone is 5. The average molecular weight is 643 g/mol. The summed E-state index contributed by atoms with van der Waals surface area (Å²) >= 11 is 0. The van der Waals surface area contributed by atoms with Crippen LogP contribution in [0.1, 0.15) is 40.0 Å². The van der Waals surface area contributed by atoms with Gasteiger partial charge in [-0.2, -0.15) is 0 Å². The van der Waals surface area contributed by atoms with E-state index in [1.165, 1.54) is 5.57 Å². The molecule has 45 heavy (non-hydrogen) atoms. The molecule has 0 aromatic carbocycles. The van der Waals surface area contributed by atoms with Crippen LogP contribution in [0.5, 0.6) is 0 Å². The first-order valence-electron chi connectivity index (χ1n) is 15.7. The minimum atomic E-state index is -1.75. The molecule has 13 nitrogen and oxygen atoms in total. The topological polar surface area (TPSA) is 219 Å². The van der Waals surface area contributed by atoms with E-state index in [0.29, 0.717) is 6.42 Å². The average Bonchev–Trinajstić information content (AvgIpc) is 3.01. The van der Waals surface area contributed by atoms with Crippen molar-refractivity contribution >= 4 is 0 Å². The highest BCUT2D eigenvalue weighted by Gasteiger charge is 2.62. The van der Waals surface area contributed by atoms with E-state index in [4.69, 9.17) is 18.9 Å². The predicted molar refractivity (Wildman–Crippen MR) is 157 cm³/mol. The van der Waals surface area contributed by atoms with Gasteiger partial charge in [0.2, 0.25) is 0 Å². The number of rotatable bonds is 8. The van der Waals surface area contributed by atoms with Gasteiger partial charge in [0, 0.05) is 10.8 Å². The first-order valence-corrected chi connectivity index (χ1v) is 15.7. The van der Waals surface area contributed by atoms with Gasteiger partial charge in [0.15, 0.2) is 12.6 Å². The van der Waals surface area contributed by atoms with Gasteiger partial charge in [0.25, 0.3) is 0 Å². The highest BCUT2D eigenvalue weighted by atomic mass is 16.7. The fourth-order valence-electron chi connectivity index (χ4n) is 8.41. The molecule has 17 atom stereocenters. The van der Waals surface area contributed by atoms with Crippen LogP contribution >= 0.6 is 0 Å². The quantitative estimate of drug-likeness (QED) is 0.138. The number of fused-ring (bicyclic) bond motifs is 3. The van der Waals surface area contributed by atoms with Gasteiger partial charge in [0.05, 0.1) is 32.0 Å². The van der Waals surface area contributed by atoms with E-state index in [-0.39, 0.29) is 23.9 Å². The lowest BCUT2D eigenvalue weighted by atomic mass is 9.46. The van der Waals surface area contributed by atoms with Crippen LogP contribution in [0.2, 0.25) is 0 Å². The number of hydrogen-bond donors (Lipinski definition) is 9. The third kappa shape index (κ3) is 5.99. The fourth-order valence-corrected chi connectivity index (χ4v) is 8.41. The third-order valence-electron chi connectivity index (χ3n) is 11.2. The van der Waals surface area contributed by atoms with E-state index in [9.17, 15) is 46.0 Å². The number of aliphatic hydroxyl groups is 9. The minimum absolute atomic E-state index is 0.124. The van der Waals surface area contributed by atoms with Gasteiger partial charge in [0.1, 0.15) is 48.8 Å². The van der Waals surface area contributed by atoms with E-state index in [1.54, 1.807) is 0 Å². The second-order valence-electron chi connectivity index (χ2n) is 14.3. The van der Waals surface area contributed by atoms with Crippen LogP contribution in [0.15, 0.2) is 36.5 Å². The van der Waals surface area contributed by atoms with Crippen molar-refractivity contribution in [3.8, 4) is 0 Å². The maximum Gasteiger partial charge on any atom is 0.187 e. The summed E-state index contributed by atoms with van der Waals surface area (Å²) in [6, 6.07) is 0. The van der Waals surface area contributed by atoms with Crippen molar-refractivity contribution in [1.82, 2.24) is 0 Å². The van der Waals surface area contributed by atoms with Gasteiger partial charge in [-0.25, -0.2) is 0 Å². The maximum absolute atomic E-state index is 11.6. The Labute approximate surface area is 263 Å². The molecule has 0 unspecified atom stereocenters.